The molecule has 1 unspecified atom stereocenters. The number of rotatable bonds is 9. The Balaban J connectivity index is 2.41. The van der Waals surface area contributed by atoms with Crippen molar-refractivity contribution in [3.63, 3.8) is 0 Å². The van der Waals surface area contributed by atoms with Crippen molar-refractivity contribution in [1.82, 2.24) is 10.2 Å². The van der Waals surface area contributed by atoms with Crippen LogP contribution in [-0.4, -0.2) is 36.6 Å². The lowest BCUT2D eigenvalue weighted by molar-refractivity contribution is 0.151. The molecule has 0 saturated heterocycles. The zero-order valence-electron chi connectivity index (χ0n) is 11.6. The molecule has 1 saturated carbocycles. The minimum Gasteiger partial charge on any atom is -0.312 e. The van der Waals surface area contributed by atoms with Crippen molar-refractivity contribution in [2.24, 2.45) is 5.92 Å². The fourth-order valence-corrected chi connectivity index (χ4v) is 2.38. The molecule has 0 bridgehead atoms. The van der Waals surface area contributed by atoms with E-state index in [2.05, 4.69) is 37.9 Å². The van der Waals surface area contributed by atoms with Crippen LogP contribution in [0.1, 0.15) is 53.4 Å². The second-order valence-corrected chi connectivity index (χ2v) is 5.53. The Morgan fingerprint density at radius 1 is 1.12 bits per heavy atom. The Labute approximate surface area is 102 Å². The van der Waals surface area contributed by atoms with Crippen LogP contribution in [0.25, 0.3) is 0 Å². The summed E-state index contributed by atoms with van der Waals surface area (Å²) < 4.78 is 0. The summed E-state index contributed by atoms with van der Waals surface area (Å²) >= 11 is 0. The van der Waals surface area contributed by atoms with E-state index in [1.807, 2.05) is 0 Å². The molecule has 0 aromatic heterocycles. The van der Waals surface area contributed by atoms with Crippen molar-refractivity contribution in [3.05, 3.63) is 0 Å². The lowest BCUT2D eigenvalue weighted by Gasteiger charge is -2.34. The van der Waals surface area contributed by atoms with E-state index in [4.69, 9.17) is 0 Å². The van der Waals surface area contributed by atoms with Crippen LogP contribution in [0.2, 0.25) is 0 Å². The Hall–Kier alpha value is -0.0800. The van der Waals surface area contributed by atoms with Gasteiger partial charge in [-0.1, -0.05) is 27.7 Å². The summed E-state index contributed by atoms with van der Waals surface area (Å²) in [7, 11) is 0. The highest BCUT2D eigenvalue weighted by Crippen LogP contribution is 2.20. The van der Waals surface area contributed by atoms with Crippen LogP contribution < -0.4 is 5.32 Å². The first-order chi connectivity index (χ1) is 7.69. The Morgan fingerprint density at radius 2 is 1.69 bits per heavy atom. The van der Waals surface area contributed by atoms with Gasteiger partial charge in [0.2, 0.25) is 0 Å². The summed E-state index contributed by atoms with van der Waals surface area (Å²) in [6.07, 6.45) is 5.33. The molecule has 1 N–H and O–H groups in total. The third kappa shape index (κ3) is 4.84. The first-order valence-electron chi connectivity index (χ1n) is 7.16. The second-order valence-electron chi connectivity index (χ2n) is 5.53. The highest BCUT2D eigenvalue weighted by Gasteiger charge is 2.25. The third-order valence-corrected chi connectivity index (χ3v) is 3.45. The van der Waals surface area contributed by atoms with Gasteiger partial charge in [-0.3, -0.25) is 4.90 Å². The highest BCUT2D eigenvalue weighted by atomic mass is 15.2. The van der Waals surface area contributed by atoms with E-state index in [0.29, 0.717) is 0 Å². The Bertz CT molecular complexity index is 170. The molecule has 1 rings (SSSR count). The SMILES string of the molecule is CCCN(CCC)C(CNC1CC1)C(C)C. The predicted molar refractivity (Wildman–Crippen MR) is 71.8 cm³/mol. The van der Waals surface area contributed by atoms with Gasteiger partial charge in [0.05, 0.1) is 0 Å². The topological polar surface area (TPSA) is 15.3 Å². The smallest absolute Gasteiger partial charge is 0.0243 e. The second kappa shape index (κ2) is 7.29. The number of hydrogen-bond acceptors (Lipinski definition) is 2. The molecule has 2 nitrogen and oxygen atoms in total. The maximum Gasteiger partial charge on any atom is 0.0243 e. The zero-order chi connectivity index (χ0) is 12.0. The van der Waals surface area contributed by atoms with Crippen molar-refractivity contribution >= 4 is 0 Å². The van der Waals surface area contributed by atoms with E-state index in [1.54, 1.807) is 0 Å². The molecule has 0 aromatic rings. The quantitative estimate of drug-likeness (QED) is 0.650. The van der Waals surface area contributed by atoms with Crippen LogP contribution in [-0.2, 0) is 0 Å². The Morgan fingerprint density at radius 3 is 2.06 bits per heavy atom. The maximum atomic E-state index is 3.69. The van der Waals surface area contributed by atoms with Crippen molar-refractivity contribution < 1.29 is 0 Å². The molecule has 1 atom stereocenters. The van der Waals surface area contributed by atoms with Crippen LogP contribution in [0.3, 0.4) is 0 Å². The molecular weight excluding hydrogens is 196 g/mol. The van der Waals surface area contributed by atoms with Gasteiger partial charge in [0, 0.05) is 18.6 Å². The molecule has 16 heavy (non-hydrogen) atoms. The molecule has 0 radical (unpaired) electrons. The summed E-state index contributed by atoms with van der Waals surface area (Å²) in [5.74, 6) is 0.754. The van der Waals surface area contributed by atoms with E-state index in [1.165, 1.54) is 45.3 Å². The van der Waals surface area contributed by atoms with Crippen LogP contribution in [0.5, 0.6) is 0 Å². The molecule has 2 heteroatoms. The highest BCUT2D eigenvalue weighted by molar-refractivity contribution is 4.85. The molecule has 0 spiro atoms. The molecule has 0 aromatic carbocycles. The molecule has 0 aliphatic heterocycles. The number of hydrogen-bond donors (Lipinski definition) is 1. The fraction of sp³-hybridized carbons (Fsp3) is 1.00. The van der Waals surface area contributed by atoms with Crippen LogP contribution >= 0.6 is 0 Å². The van der Waals surface area contributed by atoms with Crippen LogP contribution in [0.15, 0.2) is 0 Å². The van der Waals surface area contributed by atoms with Gasteiger partial charge in [0.25, 0.3) is 0 Å². The molecular formula is C14H30N2. The predicted octanol–water partition coefficient (Wildman–Crippen LogP) is 2.89. The average Bonchev–Trinajstić information content (AvgIpc) is 3.02. The maximum absolute atomic E-state index is 3.69. The van der Waals surface area contributed by atoms with Gasteiger partial charge >= 0.3 is 0 Å². The molecule has 1 aliphatic carbocycles. The third-order valence-electron chi connectivity index (χ3n) is 3.45. The monoisotopic (exact) mass is 226 g/mol. The fourth-order valence-electron chi connectivity index (χ4n) is 2.38. The standard InChI is InChI=1S/C14H30N2/c1-5-9-16(10-6-2)14(12(3)4)11-15-13-7-8-13/h12-15H,5-11H2,1-4H3. The summed E-state index contributed by atoms with van der Waals surface area (Å²) in [5, 5.41) is 3.69. The van der Waals surface area contributed by atoms with E-state index in [0.717, 1.165) is 18.0 Å². The van der Waals surface area contributed by atoms with Crippen molar-refractivity contribution in [2.75, 3.05) is 19.6 Å². The number of nitrogens with one attached hydrogen (secondary N) is 1. The summed E-state index contributed by atoms with van der Waals surface area (Å²) in [4.78, 5) is 2.68. The molecule has 0 heterocycles. The van der Waals surface area contributed by atoms with Crippen LogP contribution in [0.4, 0.5) is 0 Å². The minimum absolute atomic E-state index is 0.723. The van der Waals surface area contributed by atoms with Gasteiger partial charge in [0.15, 0.2) is 0 Å². The summed E-state index contributed by atoms with van der Waals surface area (Å²) in [5.41, 5.74) is 0. The van der Waals surface area contributed by atoms with Crippen molar-refractivity contribution in [1.29, 1.82) is 0 Å². The van der Waals surface area contributed by atoms with E-state index in [9.17, 15) is 0 Å². The van der Waals surface area contributed by atoms with Crippen molar-refractivity contribution in [2.45, 2.75) is 65.5 Å². The first kappa shape index (κ1) is 14.0. The Kier molecular flexibility index (Phi) is 6.37. The van der Waals surface area contributed by atoms with Crippen LogP contribution in [0, 0.1) is 5.92 Å². The van der Waals surface area contributed by atoms with Gasteiger partial charge in [0.1, 0.15) is 0 Å². The molecule has 0 amide bonds. The lowest BCUT2D eigenvalue weighted by Crippen LogP contribution is -2.46. The van der Waals surface area contributed by atoms with Gasteiger partial charge in [-0.2, -0.15) is 0 Å². The summed E-state index contributed by atoms with van der Waals surface area (Å²) in [6, 6.07) is 1.56. The van der Waals surface area contributed by atoms with E-state index < -0.39 is 0 Å². The molecule has 1 aliphatic rings. The molecule has 96 valence electrons. The summed E-state index contributed by atoms with van der Waals surface area (Å²) in [6.45, 7) is 13.0. The van der Waals surface area contributed by atoms with E-state index in [-0.39, 0.29) is 0 Å². The normalized spacial score (nSPS) is 18.4. The minimum atomic E-state index is 0.723. The zero-order valence-corrected chi connectivity index (χ0v) is 11.6. The largest absolute Gasteiger partial charge is 0.312 e. The van der Waals surface area contributed by atoms with Gasteiger partial charge in [-0.25, -0.2) is 0 Å². The van der Waals surface area contributed by atoms with Gasteiger partial charge < -0.3 is 5.32 Å². The number of nitrogens with zero attached hydrogens (tertiary/aromatic N) is 1. The average molecular weight is 226 g/mol. The van der Waals surface area contributed by atoms with Crippen molar-refractivity contribution in [3.8, 4) is 0 Å². The van der Waals surface area contributed by atoms with Gasteiger partial charge in [-0.05, 0) is 44.7 Å². The first-order valence-corrected chi connectivity index (χ1v) is 7.16. The molecule has 1 fully saturated rings. The van der Waals surface area contributed by atoms with E-state index >= 15 is 0 Å². The van der Waals surface area contributed by atoms with Gasteiger partial charge in [-0.15, -0.1) is 0 Å². The lowest BCUT2D eigenvalue weighted by atomic mass is 10.0.